The van der Waals surface area contributed by atoms with Gasteiger partial charge in [-0.3, -0.25) is 4.79 Å². The van der Waals surface area contributed by atoms with E-state index in [9.17, 15) is 4.79 Å². The molecular weight excluding hydrogens is 228 g/mol. The van der Waals surface area contributed by atoms with Crippen LogP contribution in [0.4, 0.5) is 0 Å². The molecule has 0 aromatic carbocycles. The van der Waals surface area contributed by atoms with Gasteiger partial charge in [-0.2, -0.15) is 0 Å². The first kappa shape index (κ1) is 13.8. The van der Waals surface area contributed by atoms with Crippen molar-refractivity contribution in [2.75, 3.05) is 20.2 Å². The standard InChI is InChI=1S/C14H26N2O2/c1-16(10-11-8-12(15)9-11)14(17)6-5-13-4-2-3-7-18-13/h11-13H,2-10,15H2,1H3. The van der Waals surface area contributed by atoms with Gasteiger partial charge in [0.15, 0.2) is 0 Å². The molecule has 1 heterocycles. The van der Waals surface area contributed by atoms with Gasteiger partial charge in [-0.1, -0.05) is 0 Å². The molecule has 1 saturated carbocycles. The molecule has 0 bridgehead atoms. The van der Waals surface area contributed by atoms with E-state index in [1.165, 1.54) is 12.8 Å². The minimum absolute atomic E-state index is 0.254. The Kier molecular flexibility index (Phi) is 5.01. The first-order valence-electron chi connectivity index (χ1n) is 7.26. The minimum atomic E-state index is 0.254. The topological polar surface area (TPSA) is 55.6 Å². The third kappa shape index (κ3) is 3.95. The highest BCUT2D eigenvalue weighted by molar-refractivity contribution is 5.75. The lowest BCUT2D eigenvalue weighted by atomic mass is 9.80. The highest BCUT2D eigenvalue weighted by Gasteiger charge is 2.28. The molecule has 1 amide bonds. The number of nitrogens with two attached hydrogens (primary N) is 1. The third-order valence-corrected chi connectivity index (χ3v) is 4.18. The molecule has 2 aliphatic rings. The number of hydrogen-bond acceptors (Lipinski definition) is 3. The van der Waals surface area contributed by atoms with Gasteiger partial charge in [-0.25, -0.2) is 0 Å². The van der Waals surface area contributed by atoms with E-state index in [2.05, 4.69) is 0 Å². The van der Waals surface area contributed by atoms with E-state index in [-0.39, 0.29) is 5.91 Å². The quantitative estimate of drug-likeness (QED) is 0.809. The van der Waals surface area contributed by atoms with E-state index in [1.807, 2.05) is 11.9 Å². The highest BCUT2D eigenvalue weighted by atomic mass is 16.5. The maximum atomic E-state index is 12.0. The van der Waals surface area contributed by atoms with Crippen LogP contribution in [0.2, 0.25) is 0 Å². The number of carbonyl (C=O) groups is 1. The van der Waals surface area contributed by atoms with Crippen LogP contribution in [0.25, 0.3) is 0 Å². The fourth-order valence-electron chi connectivity index (χ4n) is 2.94. The van der Waals surface area contributed by atoms with E-state index in [0.29, 0.717) is 24.5 Å². The van der Waals surface area contributed by atoms with Crippen LogP contribution in [0.1, 0.15) is 44.9 Å². The van der Waals surface area contributed by atoms with Gasteiger partial charge in [-0.15, -0.1) is 0 Å². The van der Waals surface area contributed by atoms with Gasteiger partial charge in [0.2, 0.25) is 5.91 Å². The Morgan fingerprint density at radius 3 is 2.78 bits per heavy atom. The van der Waals surface area contributed by atoms with Crippen LogP contribution in [0.15, 0.2) is 0 Å². The van der Waals surface area contributed by atoms with E-state index in [0.717, 1.165) is 38.8 Å². The first-order valence-corrected chi connectivity index (χ1v) is 7.26. The Hall–Kier alpha value is -0.610. The molecule has 1 atom stereocenters. The van der Waals surface area contributed by atoms with E-state index in [1.54, 1.807) is 0 Å². The summed E-state index contributed by atoms with van der Waals surface area (Å²) in [6.45, 7) is 1.74. The number of rotatable bonds is 5. The second kappa shape index (κ2) is 6.53. The molecule has 4 nitrogen and oxygen atoms in total. The lowest BCUT2D eigenvalue weighted by Gasteiger charge is -2.35. The molecule has 104 valence electrons. The van der Waals surface area contributed by atoms with Gasteiger partial charge >= 0.3 is 0 Å². The van der Waals surface area contributed by atoms with E-state index >= 15 is 0 Å². The summed E-state index contributed by atoms with van der Waals surface area (Å²) in [7, 11) is 1.91. The molecule has 1 aliphatic heterocycles. The van der Waals surface area contributed by atoms with Crippen molar-refractivity contribution in [2.45, 2.75) is 57.1 Å². The van der Waals surface area contributed by atoms with Crippen molar-refractivity contribution in [3.05, 3.63) is 0 Å². The van der Waals surface area contributed by atoms with Gasteiger partial charge in [0.05, 0.1) is 6.10 Å². The zero-order valence-corrected chi connectivity index (χ0v) is 11.4. The summed E-state index contributed by atoms with van der Waals surface area (Å²) in [5, 5.41) is 0. The maximum Gasteiger partial charge on any atom is 0.222 e. The van der Waals surface area contributed by atoms with Crippen molar-refractivity contribution in [3.8, 4) is 0 Å². The average Bonchev–Trinajstić information content (AvgIpc) is 2.35. The number of carbonyl (C=O) groups excluding carboxylic acids is 1. The Morgan fingerprint density at radius 2 is 2.17 bits per heavy atom. The molecule has 2 rings (SSSR count). The van der Waals surface area contributed by atoms with Gasteiger partial charge in [0, 0.05) is 32.7 Å². The van der Waals surface area contributed by atoms with Gasteiger partial charge in [-0.05, 0) is 44.4 Å². The normalized spacial score (nSPS) is 31.8. The summed E-state index contributed by atoms with van der Waals surface area (Å²) in [5.74, 6) is 0.879. The lowest BCUT2D eigenvalue weighted by Crippen LogP contribution is -2.43. The van der Waals surface area contributed by atoms with Crippen molar-refractivity contribution in [3.63, 3.8) is 0 Å². The van der Waals surface area contributed by atoms with Crippen LogP contribution in [-0.4, -0.2) is 43.2 Å². The van der Waals surface area contributed by atoms with Gasteiger partial charge in [0.1, 0.15) is 0 Å². The number of hydrogen-bond donors (Lipinski definition) is 1. The largest absolute Gasteiger partial charge is 0.378 e. The fraction of sp³-hybridized carbons (Fsp3) is 0.929. The smallest absolute Gasteiger partial charge is 0.222 e. The molecule has 18 heavy (non-hydrogen) atoms. The second-order valence-electron chi connectivity index (χ2n) is 5.90. The van der Waals surface area contributed by atoms with E-state index < -0.39 is 0 Å². The first-order chi connectivity index (χ1) is 8.65. The SMILES string of the molecule is CN(CC1CC(N)C1)C(=O)CCC1CCCCO1. The summed E-state index contributed by atoms with van der Waals surface area (Å²) in [6.07, 6.45) is 7.50. The van der Waals surface area contributed by atoms with Gasteiger partial charge in [0.25, 0.3) is 0 Å². The van der Waals surface area contributed by atoms with Crippen molar-refractivity contribution < 1.29 is 9.53 Å². The second-order valence-corrected chi connectivity index (χ2v) is 5.90. The summed E-state index contributed by atoms with van der Waals surface area (Å²) in [6, 6.07) is 0.370. The molecule has 1 aliphatic carbocycles. The van der Waals surface area contributed by atoms with Crippen LogP contribution in [0.5, 0.6) is 0 Å². The van der Waals surface area contributed by atoms with Crippen molar-refractivity contribution in [1.29, 1.82) is 0 Å². The van der Waals surface area contributed by atoms with Crippen molar-refractivity contribution in [2.24, 2.45) is 11.7 Å². The van der Waals surface area contributed by atoms with E-state index in [4.69, 9.17) is 10.5 Å². The summed E-state index contributed by atoms with van der Waals surface area (Å²) >= 11 is 0. The summed E-state index contributed by atoms with van der Waals surface area (Å²) in [5.41, 5.74) is 5.76. The Bertz CT molecular complexity index is 271. The zero-order valence-electron chi connectivity index (χ0n) is 11.4. The molecule has 1 saturated heterocycles. The van der Waals surface area contributed by atoms with Gasteiger partial charge < -0.3 is 15.4 Å². The maximum absolute atomic E-state index is 12.0. The molecular formula is C14H26N2O2. The molecule has 0 radical (unpaired) electrons. The van der Waals surface area contributed by atoms with Crippen molar-refractivity contribution in [1.82, 2.24) is 4.90 Å². The monoisotopic (exact) mass is 254 g/mol. The lowest BCUT2D eigenvalue weighted by molar-refractivity contribution is -0.132. The number of nitrogens with zero attached hydrogens (tertiary/aromatic N) is 1. The van der Waals surface area contributed by atoms with Crippen LogP contribution in [0.3, 0.4) is 0 Å². The average molecular weight is 254 g/mol. The van der Waals surface area contributed by atoms with Crippen molar-refractivity contribution >= 4 is 5.91 Å². The number of ether oxygens (including phenoxy) is 1. The highest BCUT2D eigenvalue weighted by Crippen LogP contribution is 2.26. The summed E-state index contributed by atoms with van der Waals surface area (Å²) < 4.78 is 5.65. The fourth-order valence-corrected chi connectivity index (χ4v) is 2.94. The molecule has 2 fully saturated rings. The Morgan fingerprint density at radius 1 is 1.39 bits per heavy atom. The zero-order chi connectivity index (χ0) is 13.0. The molecule has 0 aromatic heterocycles. The van der Waals surface area contributed by atoms with Crippen LogP contribution >= 0.6 is 0 Å². The Labute approximate surface area is 110 Å². The third-order valence-electron chi connectivity index (χ3n) is 4.18. The van der Waals surface area contributed by atoms with Crippen LogP contribution in [0, 0.1) is 5.92 Å². The molecule has 2 N–H and O–H groups in total. The van der Waals surface area contributed by atoms with Crippen LogP contribution < -0.4 is 5.73 Å². The number of amides is 1. The van der Waals surface area contributed by atoms with Crippen LogP contribution in [-0.2, 0) is 9.53 Å². The Balaban J connectivity index is 1.61. The molecule has 0 aromatic rings. The molecule has 0 spiro atoms. The summed E-state index contributed by atoms with van der Waals surface area (Å²) in [4.78, 5) is 13.9. The minimum Gasteiger partial charge on any atom is -0.378 e. The predicted octanol–water partition coefficient (Wildman–Crippen LogP) is 1.53. The predicted molar refractivity (Wildman–Crippen MR) is 71.2 cm³/mol. The molecule has 4 heteroatoms. The molecule has 1 unspecified atom stereocenters.